The van der Waals surface area contributed by atoms with Gasteiger partial charge in [-0.1, -0.05) is 19.1 Å². The number of carbonyl (C=O) groups is 2. The molecule has 7 nitrogen and oxygen atoms in total. The molecule has 0 saturated carbocycles. The van der Waals surface area contributed by atoms with E-state index in [1.165, 1.54) is 0 Å². The molecule has 0 spiro atoms. The Bertz CT molecular complexity index is 924. The Morgan fingerprint density at radius 3 is 2.67 bits per heavy atom. The number of H-pyrrole nitrogens is 1. The quantitative estimate of drug-likeness (QED) is 0.810. The maximum Gasteiger partial charge on any atom is 0.254 e. The molecule has 0 radical (unpaired) electrons. The molecule has 2 aromatic rings. The van der Waals surface area contributed by atoms with Crippen LogP contribution < -0.4 is 11.3 Å². The van der Waals surface area contributed by atoms with Crippen molar-refractivity contribution >= 4 is 23.6 Å². The van der Waals surface area contributed by atoms with Crippen LogP contribution in [0.3, 0.4) is 0 Å². The standard InChI is InChI=1S/C19H22N4O3S/c1-3-27-11(2)19(26)23-9-8-14-15(10-23)21-17(22-18(14)25)13-6-4-12(5-7-13)16(20)24/h4-7,11H,3,8-10H2,1-2H3,(H2,20,24)(H,21,22,25)/t11-/m0/s1. The minimum atomic E-state index is -0.512. The lowest BCUT2D eigenvalue weighted by Gasteiger charge is -2.29. The Kier molecular flexibility index (Phi) is 5.65. The van der Waals surface area contributed by atoms with Crippen LogP contribution in [0.5, 0.6) is 0 Å². The summed E-state index contributed by atoms with van der Waals surface area (Å²) in [6.45, 7) is 4.79. The second kappa shape index (κ2) is 7.96. The Balaban J connectivity index is 1.89. The molecule has 0 bridgehead atoms. The number of hydrogen-bond acceptors (Lipinski definition) is 5. The molecule has 2 heterocycles. The highest BCUT2D eigenvalue weighted by Gasteiger charge is 2.27. The van der Waals surface area contributed by atoms with E-state index in [1.54, 1.807) is 40.9 Å². The lowest BCUT2D eigenvalue weighted by Crippen LogP contribution is -2.42. The average molecular weight is 386 g/mol. The van der Waals surface area contributed by atoms with Crippen LogP contribution in [0.15, 0.2) is 29.1 Å². The van der Waals surface area contributed by atoms with Gasteiger partial charge in [0.2, 0.25) is 11.8 Å². The molecular formula is C19H22N4O3S. The number of nitrogens with two attached hydrogens (primary N) is 1. The van der Waals surface area contributed by atoms with Crippen molar-refractivity contribution < 1.29 is 9.59 Å². The van der Waals surface area contributed by atoms with E-state index in [9.17, 15) is 14.4 Å². The third-order valence-corrected chi connectivity index (χ3v) is 5.63. The Morgan fingerprint density at radius 1 is 1.33 bits per heavy atom. The molecule has 3 rings (SSSR count). The number of rotatable bonds is 5. The molecule has 8 heteroatoms. The van der Waals surface area contributed by atoms with Crippen molar-refractivity contribution in [1.29, 1.82) is 0 Å². The molecule has 0 saturated heterocycles. The van der Waals surface area contributed by atoms with Crippen LogP contribution in [0.4, 0.5) is 0 Å². The van der Waals surface area contributed by atoms with Gasteiger partial charge in [0.15, 0.2) is 0 Å². The summed E-state index contributed by atoms with van der Waals surface area (Å²) in [6.07, 6.45) is 0.494. The first-order chi connectivity index (χ1) is 12.9. The fourth-order valence-electron chi connectivity index (χ4n) is 3.14. The molecule has 0 fully saturated rings. The van der Waals surface area contributed by atoms with E-state index in [4.69, 9.17) is 5.73 Å². The molecule has 27 heavy (non-hydrogen) atoms. The van der Waals surface area contributed by atoms with Crippen molar-refractivity contribution in [2.75, 3.05) is 12.3 Å². The van der Waals surface area contributed by atoms with Crippen molar-refractivity contribution in [3.63, 3.8) is 0 Å². The largest absolute Gasteiger partial charge is 0.366 e. The topological polar surface area (TPSA) is 109 Å². The zero-order valence-electron chi connectivity index (χ0n) is 15.3. The van der Waals surface area contributed by atoms with E-state index < -0.39 is 5.91 Å². The highest BCUT2D eigenvalue weighted by molar-refractivity contribution is 8.00. The first-order valence-electron chi connectivity index (χ1n) is 8.83. The van der Waals surface area contributed by atoms with Gasteiger partial charge in [0.25, 0.3) is 5.56 Å². The van der Waals surface area contributed by atoms with Crippen LogP contribution in [0, 0.1) is 0 Å². The predicted octanol–water partition coefficient (Wildman–Crippen LogP) is 1.56. The summed E-state index contributed by atoms with van der Waals surface area (Å²) in [6, 6.07) is 6.57. The molecule has 0 aliphatic carbocycles. The summed E-state index contributed by atoms with van der Waals surface area (Å²) in [5.74, 6) is 0.851. The number of aromatic nitrogens is 2. The zero-order valence-corrected chi connectivity index (χ0v) is 16.1. The fourth-order valence-corrected chi connectivity index (χ4v) is 3.93. The monoisotopic (exact) mass is 386 g/mol. The average Bonchev–Trinajstić information content (AvgIpc) is 2.67. The van der Waals surface area contributed by atoms with Gasteiger partial charge in [-0.25, -0.2) is 4.98 Å². The third-order valence-electron chi connectivity index (χ3n) is 4.59. The number of carbonyl (C=O) groups excluding carboxylic acids is 2. The van der Waals surface area contributed by atoms with Crippen LogP contribution in [0.25, 0.3) is 11.4 Å². The van der Waals surface area contributed by atoms with Crippen molar-refractivity contribution in [3.05, 3.63) is 51.4 Å². The number of aromatic amines is 1. The Labute approximate surface area is 161 Å². The fraction of sp³-hybridized carbons (Fsp3) is 0.368. The number of thioether (sulfide) groups is 1. The first-order valence-corrected chi connectivity index (χ1v) is 9.88. The predicted molar refractivity (Wildman–Crippen MR) is 106 cm³/mol. The number of hydrogen-bond donors (Lipinski definition) is 2. The van der Waals surface area contributed by atoms with E-state index in [0.29, 0.717) is 47.7 Å². The number of amides is 2. The molecule has 1 aliphatic heterocycles. The molecule has 1 aliphatic rings. The van der Waals surface area contributed by atoms with E-state index in [2.05, 4.69) is 9.97 Å². The number of fused-ring (bicyclic) bond motifs is 1. The minimum absolute atomic E-state index is 0.0712. The lowest BCUT2D eigenvalue weighted by molar-refractivity contribution is -0.131. The van der Waals surface area contributed by atoms with Gasteiger partial charge in [-0.05, 0) is 31.2 Å². The highest BCUT2D eigenvalue weighted by atomic mass is 32.2. The summed E-state index contributed by atoms with van der Waals surface area (Å²) in [5.41, 5.74) is 7.40. The number of nitrogens with zero attached hydrogens (tertiary/aromatic N) is 2. The van der Waals surface area contributed by atoms with Crippen molar-refractivity contribution in [3.8, 4) is 11.4 Å². The van der Waals surface area contributed by atoms with Crippen LogP contribution in [-0.4, -0.2) is 44.2 Å². The van der Waals surface area contributed by atoms with Crippen molar-refractivity contribution in [1.82, 2.24) is 14.9 Å². The summed E-state index contributed by atoms with van der Waals surface area (Å²) in [4.78, 5) is 45.4. The van der Waals surface area contributed by atoms with E-state index in [1.807, 2.05) is 13.8 Å². The number of benzene rings is 1. The maximum absolute atomic E-state index is 12.6. The number of primary amides is 1. The smallest absolute Gasteiger partial charge is 0.254 e. The van der Waals surface area contributed by atoms with Gasteiger partial charge in [0.05, 0.1) is 17.5 Å². The molecule has 2 amide bonds. The zero-order chi connectivity index (χ0) is 19.6. The van der Waals surface area contributed by atoms with Gasteiger partial charge in [-0.3, -0.25) is 14.4 Å². The normalized spacial score (nSPS) is 14.5. The summed E-state index contributed by atoms with van der Waals surface area (Å²) in [5, 5.41) is -0.112. The lowest BCUT2D eigenvalue weighted by atomic mass is 10.1. The van der Waals surface area contributed by atoms with Crippen molar-refractivity contribution in [2.45, 2.75) is 32.1 Å². The molecular weight excluding hydrogens is 364 g/mol. The Morgan fingerprint density at radius 2 is 2.04 bits per heavy atom. The van der Waals surface area contributed by atoms with Gasteiger partial charge in [0, 0.05) is 23.2 Å². The SMILES string of the molecule is CCS[C@@H](C)C(=O)N1CCc2c(nc(-c3ccc(C(N)=O)cc3)[nH]c2=O)C1. The van der Waals surface area contributed by atoms with Crippen LogP contribution in [-0.2, 0) is 17.8 Å². The molecule has 142 valence electrons. The van der Waals surface area contributed by atoms with E-state index >= 15 is 0 Å². The van der Waals surface area contributed by atoms with Gasteiger partial charge < -0.3 is 15.6 Å². The van der Waals surface area contributed by atoms with Gasteiger partial charge >= 0.3 is 0 Å². The summed E-state index contributed by atoms with van der Waals surface area (Å²) >= 11 is 1.60. The summed E-state index contributed by atoms with van der Waals surface area (Å²) in [7, 11) is 0. The molecule has 3 N–H and O–H groups in total. The van der Waals surface area contributed by atoms with Gasteiger partial charge in [0.1, 0.15) is 5.82 Å². The highest BCUT2D eigenvalue weighted by Crippen LogP contribution is 2.21. The molecule has 1 aromatic heterocycles. The third kappa shape index (κ3) is 4.05. The minimum Gasteiger partial charge on any atom is -0.366 e. The van der Waals surface area contributed by atoms with Crippen molar-refractivity contribution in [2.24, 2.45) is 5.73 Å². The second-order valence-electron chi connectivity index (χ2n) is 6.39. The van der Waals surface area contributed by atoms with Gasteiger partial charge in [-0.15, -0.1) is 11.8 Å². The van der Waals surface area contributed by atoms with Crippen LogP contribution >= 0.6 is 11.8 Å². The van der Waals surface area contributed by atoms with E-state index in [0.717, 1.165) is 5.75 Å². The molecule has 0 unspecified atom stereocenters. The summed E-state index contributed by atoms with van der Waals surface area (Å²) < 4.78 is 0. The van der Waals surface area contributed by atoms with Crippen LogP contribution in [0.1, 0.15) is 35.5 Å². The van der Waals surface area contributed by atoms with E-state index in [-0.39, 0.29) is 16.7 Å². The molecule has 1 atom stereocenters. The number of nitrogens with one attached hydrogen (secondary N) is 1. The second-order valence-corrected chi connectivity index (χ2v) is 8.01. The van der Waals surface area contributed by atoms with Crippen LogP contribution in [0.2, 0.25) is 0 Å². The first kappa shape index (κ1) is 19.2. The van der Waals surface area contributed by atoms with Gasteiger partial charge in [-0.2, -0.15) is 0 Å². The molecule has 1 aromatic carbocycles. The maximum atomic E-state index is 12.6. The Hall–Kier alpha value is -2.61.